The van der Waals surface area contributed by atoms with Crippen molar-refractivity contribution in [1.82, 2.24) is 15.4 Å². The summed E-state index contributed by atoms with van der Waals surface area (Å²) in [6.07, 6.45) is 3.53. The van der Waals surface area contributed by atoms with Crippen molar-refractivity contribution in [3.8, 4) is 0 Å². The summed E-state index contributed by atoms with van der Waals surface area (Å²) in [6, 6.07) is 19.2. The van der Waals surface area contributed by atoms with Crippen molar-refractivity contribution in [3.05, 3.63) is 84.2 Å². The summed E-state index contributed by atoms with van der Waals surface area (Å²) < 4.78 is 0. The molecule has 2 heterocycles. The number of carbonyl (C=O) groups is 1. The molecule has 3 aromatic rings. The molecule has 0 saturated carbocycles. The third-order valence-corrected chi connectivity index (χ3v) is 5.21. The van der Waals surface area contributed by atoms with Gasteiger partial charge in [0.05, 0.1) is 5.92 Å². The zero-order valence-electron chi connectivity index (χ0n) is 16.0. The lowest BCUT2D eigenvalue weighted by Crippen LogP contribution is -2.47. The number of hydroxylamine groups is 1. The van der Waals surface area contributed by atoms with E-state index in [1.165, 1.54) is 0 Å². The Labute approximate surface area is 169 Å². The second-order valence-corrected chi connectivity index (χ2v) is 6.93. The first-order valence-electron chi connectivity index (χ1n) is 9.62. The second kappa shape index (κ2) is 8.70. The van der Waals surface area contributed by atoms with Crippen LogP contribution in [0.25, 0.3) is 0 Å². The number of anilines is 2. The molecule has 7 nitrogen and oxygen atoms in total. The summed E-state index contributed by atoms with van der Waals surface area (Å²) in [4.78, 5) is 25.4. The Balaban J connectivity index is 1.47. The lowest BCUT2D eigenvalue weighted by Gasteiger charge is -2.36. The monoisotopic (exact) mass is 389 g/mol. The quantitative estimate of drug-likeness (QED) is 0.515. The van der Waals surface area contributed by atoms with E-state index in [9.17, 15) is 10.0 Å². The van der Waals surface area contributed by atoms with Crippen LogP contribution in [0.1, 0.15) is 17.0 Å². The number of carbonyl (C=O) groups excluding carboxylic acids is 1. The van der Waals surface area contributed by atoms with Crippen molar-refractivity contribution >= 4 is 17.5 Å². The number of piperazine rings is 1. The Hall–Kier alpha value is -3.45. The number of rotatable bonds is 5. The standard InChI is InChI=1S/C22H23N5O2/c28-21(25-29)20(17-5-2-1-3-6-17)18-7-9-19(10-8-18)26-13-15-27(16-14-26)22-23-11-4-12-24-22/h1-12,20,29H,13-16H2,(H,25,28). The number of nitrogens with zero attached hydrogens (tertiary/aromatic N) is 4. The van der Waals surface area contributed by atoms with E-state index in [1.807, 2.05) is 60.7 Å². The Bertz CT molecular complexity index is 926. The minimum atomic E-state index is -0.553. The second-order valence-electron chi connectivity index (χ2n) is 6.93. The minimum absolute atomic E-state index is 0.444. The molecule has 1 aliphatic heterocycles. The largest absolute Gasteiger partial charge is 0.368 e. The van der Waals surface area contributed by atoms with Crippen LogP contribution in [0.3, 0.4) is 0 Å². The molecular weight excluding hydrogens is 366 g/mol. The van der Waals surface area contributed by atoms with E-state index in [2.05, 4.69) is 19.8 Å². The normalized spacial score (nSPS) is 15.1. The zero-order valence-corrected chi connectivity index (χ0v) is 16.0. The number of hydrogen-bond acceptors (Lipinski definition) is 6. The summed E-state index contributed by atoms with van der Waals surface area (Å²) >= 11 is 0. The van der Waals surface area contributed by atoms with Gasteiger partial charge in [0, 0.05) is 44.3 Å². The highest BCUT2D eigenvalue weighted by molar-refractivity contribution is 5.86. The number of nitrogens with one attached hydrogen (secondary N) is 1. The van der Waals surface area contributed by atoms with Gasteiger partial charge in [0.2, 0.25) is 5.95 Å². The summed E-state index contributed by atoms with van der Waals surface area (Å²) in [6.45, 7) is 3.45. The predicted octanol–water partition coefficient (Wildman–Crippen LogP) is 2.44. The molecule has 148 valence electrons. The van der Waals surface area contributed by atoms with Crippen LogP contribution in [0, 0.1) is 0 Å². The fourth-order valence-electron chi connectivity index (χ4n) is 3.70. The van der Waals surface area contributed by atoms with Gasteiger partial charge < -0.3 is 9.80 Å². The first kappa shape index (κ1) is 18.9. The van der Waals surface area contributed by atoms with E-state index in [0.29, 0.717) is 0 Å². The van der Waals surface area contributed by atoms with Crippen LogP contribution in [0.2, 0.25) is 0 Å². The van der Waals surface area contributed by atoms with Crippen molar-refractivity contribution < 1.29 is 10.0 Å². The number of aromatic nitrogens is 2. The van der Waals surface area contributed by atoms with Gasteiger partial charge in [-0.25, -0.2) is 15.4 Å². The van der Waals surface area contributed by atoms with Crippen molar-refractivity contribution in [3.63, 3.8) is 0 Å². The Morgan fingerprint density at radius 1 is 0.828 bits per heavy atom. The van der Waals surface area contributed by atoms with Crippen LogP contribution in [0.15, 0.2) is 73.1 Å². The van der Waals surface area contributed by atoms with E-state index in [4.69, 9.17) is 0 Å². The molecule has 2 N–H and O–H groups in total. The topological polar surface area (TPSA) is 81.6 Å². The molecule has 1 unspecified atom stereocenters. The third-order valence-electron chi connectivity index (χ3n) is 5.21. The highest BCUT2D eigenvalue weighted by atomic mass is 16.5. The molecule has 2 aromatic carbocycles. The smallest absolute Gasteiger partial charge is 0.255 e. The number of hydrogen-bond donors (Lipinski definition) is 2. The fourth-order valence-corrected chi connectivity index (χ4v) is 3.70. The zero-order chi connectivity index (χ0) is 20.1. The van der Waals surface area contributed by atoms with Crippen LogP contribution in [-0.2, 0) is 4.79 Å². The molecule has 1 fully saturated rings. The Morgan fingerprint density at radius 2 is 1.41 bits per heavy atom. The lowest BCUT2D eigenvalue weighted by atomic mass is 9.90. The van der Waals surface area contributed by atoms with Crippen molar-refractivity contribution in [2.24, 2.45) is 0 Å². The molecule has 29 heavy (non-hydrogen) atoms. The van der Waals surface area contributed by atoms with Gasteiger partial charge in [0.1, 0.15) is 0 Å². The van der Waals surface area contributed by atoms with Crippen LogP contribution in [0.5, 0.6) is 0 Å². The number of benzene rings is 2. The maximum absolute atomic E-state index is 12.3. The van der Waals surface area contributed by atoms with Crippen LogP contribution < -0.4 is 15.3 Å². The highest BCUT2D eigenvalue weighted by Gasteiger charge is 2.23. The molecule has 0 aliphatic carbocycles. The van der Waals surface area contributed by atoms with Crippen LogP contribution >= 0.6 is 0 Å². The van der Waals surface area contributed by atoms with Crippen LogP contribution in [-0.4, -0.2) is 47.3 Å². The molecule has 0 bridgehead atoms. The molecular formula is C22H23N5O2. The van der Waals surface area contributed by atoms with E-state index in [0.717, 1.165) is 48.9 Å². The summed E-state index contributed by atoms with van der Waals surface area (Å²) in [5, 5.41) is 9.18. The molecule has 7 heteroatoms. The Kier molecular flexibility index (Phi) is 5.67. The van der Waals surface area contributed by atoms with E-state index in [-0.39, 0.29) is 0 Å². The number of amides is 1. The molecule has 0 radical (unpaired) electrons. The maximum atomic E-state index is 12.3. The van der Waals surface area contributed by atoms with Gasteiger partial charge in [-0.05, 0) is 29.3 Å². The van der Waals surface area contributed by atoms with Gasteiger partial charge in [-0.15, -0.1) is 0 Å². The first-order chi connectivity index (χ1) is 14.3. The van der Waals surface area contributed by atoms with Crippen molar-refractivity contribution in [2.75, 3.05) is 36.0 Å². The van der Waals surface area contributed by atoms with Gasteiger partial charge in [-0.3, -0.25) is 10.0 Å². The van der Waals surface area contributed by atoms with Gasteiger partial charge >= 0.3 is 0 Å². The van der Waals surface area contributed by atoms with Crippen LogP contribution in [0.4, 0.5) is 11.6 Å². The fraction of sp³-hybridized carbons (Fsp3) is 0.227. The van der Waals surface area contributed by atoms with Gasteiger partial charge in [0.15, 0.2) is 0 Å². The van der Waals surface area contributed by atoms with Gasteiger partial charge in [-0.1, -0.05) is 42.5 Å². The average Bonchev–Trinajstić information content (AvgIpc) is 2.81. The minimum Gasteiger partial charge on any atom is -0.368 e. The predicted molar refractivity (Wildman–Crippen MR) is 111 cm³/mol. The molecule has 4 rings (SSSR count). The highest BCUT2D eigenvalue weighted by Crippen LogP contribution is 2.27. The molecule has 1 aromatic heterocycles. The third kappa shape index (κ3) is 4.20. The van der Waals surface area contributed by atoms with Crippen molar-refractivity contribution in [2.45, 2.75) is 5.92 Å². The molecule has 1 saturated heterocycles. The molecule has 1 aliphatic rings. The van der Waals surface area contributed by atoms with Gasteiger partial charge in [0.25, 0.3) is 5.91 Å². The van der Waals surface area contributed by atoms with E-state index < -0.39 is 11.8 Å². The maximum Gasteiger partial charge on any atom is 0.255 e. The SMILES string of the molecule is O=C(NO)C(c1ccccc1)c1ccc(N2CCN(c3ncccn3)CC2)cc1. The summed E-state index contributed by atoms with van der Waals surface area (Å²) in [5.74, 6) is -0.231. The summed E-state index contributed by atoms with van der Waals surface area (Å²) in [5.41, 5.74) is 4.58. The van der Waals surface area contributed by atoms with E-state index in [1.54, 1.807) is 17.9 Å². The first-order valence-corrected chi connectivity index (χ1v) is 9.62. The molecule has 1 atom stereocenters. The van der Waals surface area contributed by atoms with Gasteiger partial charge in [-0.2, -0.15) is 0 Å². The average molecular weight is 389 g/mol. The molecule has 1 amide bonds. The summed E-state index contributed by atoms with van der Waals surface area (Å²) in [7, 11) is 0. The van der Waals surface area contributed by atoms with Crippen molar-refractivity contribution in [1.29, 1.82) is 0 Å². The van der Waals surface area contributed by atoms with E-state index >= 15 is 0 Å². The molecule has 0 spiro atoms. The Morgan fingerprint density at radius 3 is 2.03 bits per heavy atom. The lowest BCUT2D eigenvalue weighted by molar-refractivity contribution is -0.129.